The maximum atomic E-state index is 12.8. The van der Waals surface area contributed by atoms with Crippen LogP contribution in [-0.4, -0.2) is 50.8 Å². The summed E-state index contributed by atoms with van der Waals surface area (Å²) in [6.45, 7) is 6.03. The summed E-state index contributed by atoms with van der Waals surface area (Å²) < 4.78 is 10.8. The highest BCUT2D eigenvalue weighted by Crippen LogP contribution is 2.24. The van der Waals surface area contributed by atoms with Gasteiger partial charge in [0.1, 0.15) is 5.75 Å². The first-order valence-electron chi connectivity index (χ1n) is 9.53. The highest BCUT2D eigenvalue weighted by molar-refractivity contribution is 6.30. The topological polar surface area (TPSA) is 50.8 Å². The number of nitrogens with one attached hydrogen (secondary N) is 1. The molecule has 1 N–H and O–H groups in total. The van der Waals surface area contributed by atoms with Gasteiger partial charge >= 0.3 is 0 Å². The van der Waals surface area contributed by atoms with E-state index < -0.39 is 0 Å². The highest BCUT2D eigenvalue weighted by Gasteiger charge is 2.21. The van der Waals surface area contributed by atoms with E-state index in [0.717, 1.165) is 44.0 Å². The third kappa shape index (κ3) is 5.71. The van der Waals surface area contributed by atoms with Crippen molar-refractivity contribution in [3.05, 3.63) is 64.2 Å². The molecule has 6 heteroatoms. The Morgan fingerprint density at radius 1 is 1.21 bits per heavy atom. The van der Waals surface area contributed by atoms with Crippen molar-refractivity contribution in [3.63, 3.8) is 0 Å². The zero-order valence-corrected chi connectivity index (χ0v) is 17.2. The number of aryl methyl sites for hydroxylation is 1. The molecule has 5 nitrogen and oxygen atoms in total. The van der Waals surface area contributed by atoms with Crippen molar-refractivity contribution in [2.24, 2.45) is 0 Å². The molecule has 0 bridgehead atoms. The van der Waals surface area contributed by atoms with Gasteiger partial charge in [0.2, 0.25) is 5.91 Å². The summed E-state index contributed by atoms with van der Waals surface area (Å²) in [5.74, 6) is 0.610. The third-order valence-electron chi connectivity index (χ3n) is 4.95. The zero-order valence-electron chi connectivity index (χ0n) is 16.4. The maximum absolute atomic E-state index is 12.8. The fraction of sp³-hybridized carbons (Fsp3) is 0.409. The van der Waals surface area contributed by atoms with E-state index in [-0.39, 0.29) is 18.4 Å². The van der Waals surface area contributed by atoms with Gasteiger partial charge in [0.05, 0.1) is 32.8 Å². The summed E-state index contributed by atoms with van der Waals surface area (Å²) >= 11 is 6.10. The second-order valence-corrected chi connectivity index (χ2v) is 7.51. The second-order valence-electron chi connectivity index (χ2n) is 7.08. The van der Waals surface area contributed by atoms with Gasteiger partial charge in [-0.3, -0.25) is 9.69 Å². The monoisotopic (exact) mass is 402 g/mol. The molecule has 0 saturated carbocycles. The van der Waals surface area contributed by atoms with E-state index in [2.05, 4.69) is 41.4 Å². The fourth-order valence-electron chi connectivity index (χ4n) is 3.38. The quantitative estimate of drug-likeness (QED) is 0.771. The molecule has 1 aliphatic rings. The Hall–Kier alpha value is -2.08. The minimum absolute atomic E-state index is 0.0561. The number of amides is 1. The molecule has 28 heavy (non-hydrogen) atoms. The van der Waals surface area contributed by atoms with Crippen LogP contribution in [0.5, 0.6) is 5.75 Å². The Labute approximate surface area is 171 Å². The van der Waals surface area contributed by atoms with Gasteiger partial charge in [-0.2, -0.15) is 0 Å². The van der Waals surface area contributed by atoms with Crippen molar-refractivity contribution >= 4 is 17.5 Å². The summed E-state index contributed by atoms with van der Waals surface area (Å²) in [7, 11) is 1.60. The largest absolute Gasteiger partial charge is 0.496 e. The lowest BCUT2D eigenvalue weighted by atomic mass is 10.0. The van der Waals surface area contributed by atoms with E-state index in [1.54, 1.807) is 25.3 Å². The van der Waals surface area contributed by atoms with Crippen molar-refractivity contribution < 1.29 is 14.3 Å². The van der Waals surface area contributed by atoms with Crippen LogP contribution in [0, 0.1) is 6.92 Å². The Bertz CT molecular complexity index is 789. The molecule has 1 amide bonds. The van der Waals surface area contributed by atoms with Crippen LogP contribution in [0.1, 0.15) is 22.7 Å². The van der Waals surface area contributed by atoms with E-state index in [0.29, 0.717) is 10.8 Å². The van der Waals surface area contributed by atoms with Gasteiger partial charge in [0, 0.05) is 30.2 Å². The Morgan fingerprint density at radius 3 is 2.61 bits per heavy atom. The molecule has 1 atom stereocenters. The molecule has 2 aromatic carbocycles. The molecular formula is C22H27ClN2O3. The molecule has 1 fully saturated rings. The smallest absolute Gasteiger partial charge is 0.225 e. The first-order chi connectivity index (χ1) is 13.5. The number of ether oxygens (including phenoxy) is 2. The Kier molecular flexibility index (Phi) is 7.31. The first kappa shape index (κ1) is 20.6. The molecular weight excluding hydrogens is 376 g/mol. The number of hydrogen-bond donors (Lipinski definition) is 1. The number of methoxy groups -OCH3 is 1. The average molecular weight is 403 g/mol. The minimum Gasteiger partial charge on any atom is -0.496 e. The molecule has 0 aromatic heterocycles. The van der Waals surface area contributed by atoms with Crippen LogP contribution in [-0.2, 0) is 16.0 Å². The van der Waals surface area contributed by atoms with Crippen LogP contribution in [0.25, 0.3) is 0 Å². The van der Waals surface area contributed by atoms with E-state index >= 15 is 0 Å². The van der Waals surface area contributed by atoms with Gasteiger partial charge in [-0.05, 0) is 30.7 Å². The zero-order chi connectivity index (χ0) is 19.9. The van der Waals surface area contributed by atoms with Crippen LogP contribution < -0.4 is 10.1 Å². The van der Waals surface area contributed by atoms with Gasteiger partial charge in [-0.25, -0.2) is 0 Å². The molecule has 1 aliphatic heterocycles. The summed E-state index contributed by atoms with van der Waals surface area (Å²) in [5, 5.41) is 3.79. The van der Waals surface area contributed by atoms with Crippen LogP contribution in [0.4, 0.5) is 0 Å². The standard InChI is InChI=1S/C22H27ClN2O3/c1-16-3-5-17(6-4-16)20(15-25-9-11-28-12-10-25)24-22(26)14-18-13-19(23)7-8-21(18)27-2/h3-8,13,20H,9-12,14-15H2,1-2H3,(H,24,26)/t20-/m1/s1. The predicted octanol–water partition coefficient (Wildman–Crippen LogP) is 3.39. The first-order valence-corrected chi connectivity index (χ1v) is 9.91. The number of rotatable bonds is 7. The number of morpholine rings is 1. The van der Waals surface area contributed by atoms with Crippen LogP contribution in [0.3, 0.4) is 0 Å². The lowest BCUT2D eigenvalue weighted by Gasteiger charge is -2.31. The van der Waals surface area contributed by atoms with Crippen LogP contribution in [0.2, 0.25) is 5.02 Å². The number of carbonyl (C=O) groups excluding carboxylic acids is 1. The molecule has 0 spiro atoms. The summed E-state index contributed by atoms with van der Waals surface area (Å²) in [6.07, 6.45) is 0.217. The van der Waals surface area contributed by atoms with E-state index in [1.807, 2.05) is 0 Å². The SMILES string of the molecule is COc1ccc(Cl)cc1CC(=O)N[C@H](CN1CCOCC1)c1ccc(C)cc1. The molecule has 0 unspecified atom stereocenters. The van der Waals surface area contributed by atoms with Gasteiger partial charge < -0.3 is 14.8 Å². The van der Waals surface area contributed by atoms with Crippen molar-refractivity contribution in [3.8, 4) is 5.75 Å². The lowest BCUT2D eigenvalue weighted by Crippen LogP contribution is -2.43. The van der Waals surface area contributed by atoms with Crippen molar-refractivity contribution in [1.82, 2.24) is 10.2 Å². The Morgan fingerprint density at radius 2 is 1.93 bits per heavy atom. The number of hydrogen-bond acceptors (Lipinski definition) is 4. The van der Waals surface area contributed by atoms with Crippen molar-refractivity contribution in [1.29, 1.82) is 0 Å². The van der Waals surface area contributed by atoms with Gasteiger partial charge in [-0.1, -0.05) is 41.4 Å². The lowest BCUT2D eigenvalue weighted by molar-refractivity contribution is -0.121. The fourth-order valence-corrected chi connectivity index (χ4v) is 3.57. The normalized spacial score (nSPS) is 15.8. The molecule has 0 aliphatic carbocycles. The maximum Gasteiger partial charge on any atom is 0.225 e. The van der Waals surface area contributed by atoms with Gasteiger partial charge in [0.15, 0.2) is 0 Å². The number of halogens is 1. The molecule has 2 aromatic rings. The Balaban J connectivity index is 1.73. The predicted molar refractivity (Wildman–Crippen MR) is 111 cm³/mol. The van der Waals surface area contributed by atoms with Crippen LogP contribution >= 0.6 is 11.6 Å². The molecule has 150 valence electrons. The minimum atomic E-state index is -0.0867. The van der Waals surface area contributed by atoms with Crippen molar-refractivity contribution in [2.75, 3.05) is 40.0 Å². The average Bonchev–Trinajstić information content (AvgIpc) is 2.69. The number of nitrogens with zero attached hydrogens (tertiary/aromatic N) is 1. The summed E-state index contributed by atoms with van der Waals surface area (Å²) in [5.41, 5.74) is 3.08. The van der Waals surface area contributed by atoms with E-state index in [9.17, 15) is 4.79 Å². The van der Waals surface area contributed by atoms with Crippen molar-refractivity contribution in [2.45, 2.75) is 19.4 Å². The summed E-state index contributed by atoms with van der Waals surface area (Å²) in [6, 6.07) is 13.6. The molecule has 1 saturated heterocycles. The third-order valence-corrected chi connectivity index (χ3v) is 5.19. The van der Waals surface area contributed by atoms with Crippen LogP contribution in [0.15, 0.2) is 42.5 Å². The number of carbonyl (C=O) groups is 1. The van der Waals surface area contributed by atoms with Gasteiger partial charge in [0.25, 0.3) is 0 Å². The summed E-state index contributed by atoms with van der Waals surface area (Å²) in [4.78, 5) is 15.2. The molecule has 3 rings (SSSR count). The molecule has 0 radical (unpaired) electrons. The number of benzene rings is 2. The highest BCUT2D eigenvalue weighted by atomic mass is 35.5. The van der Waals surface area contributed by atoms with E-state index in [4.69, 9.17) is 21.1 Å². The molecule has 1 heterocycles. The van der Waals surface area contributed by atoms with Gasteiger partial charge in [-0.15, -0.1) is 0 Å². The second kappa shape index (κ2) is 9.92. The van der Waals surface area contributed by atoms with E-state index in [1.165, 1.54) is 5.56 Å².